The molecular formula is C28H33N5O6. The highest BCUT2D eigenvalue weighted by atomic mass is 16.6. The zero-order valence-corrected chi connectivity index (χ0v) is 21.9. The summed E-state index contributed by atoms with van der Waals surface area (Å²) in [7, 11) is 0. The van der Waals surface area contributed by atoms with Crippen LogP contribution in [0.3, 0.4) is 0 Å². The normalized spacial score (nSPS) is 33.5. The van der Waals surface area contributed by atoms with Crippen molar-refractivity contribution in [2.24, 2.45) is 11.8 Å². The second kappa shape index (κ2) is 9.87. The first-order valence-corrected chi connectivity index (χ1v) is 13.6. The first-order valence-electron chi connectivity index (χ1n) is 13.6. The van der Waals surface area contributed by atoms with E-state index >= 15 is 0 Å². The van der Waals surface area contributed by atoms with E-state index in [1.165, 1.54) is 4.90 Å². The number of likely N-dealkylation sites (tertiary alicyclic amines) is 1. The fourth-order valence-corrected chi connectivity index (χ4v) is 6.64. The molecule has 4 aliphatic rings. The van der Waals surface area contributed by atoms with Crippen LogP contribution in [0.4, 0.5) is 0 Å². The number of cyclic esters (lactones) is 1. The van der Waals surface area contributed by atoms with Crippen molar-refractivity contribution < 1.29 is 29.0 Å². The number of nitrogens with zero attached hydrogens (tertiary/aromatic N) is 5. The third kappa shape index (κ3) is 4.06. The molecular weight excluding hydrogens is 502 g/mol. The number of ether oxygens (including phenoxy) is 2. The highest BCUT2D eigenvalue weighted by molar-refractivity contribution is 5.99. The number of esters is 1. The molecule has 1 spiro atoms. The van der Waals surface area contributed by atoms with Gasteiger partial charge in [0.15, 0.2) is 0 Å². The van der Waals surface area contributed by atoms with Gasteiger partial charge in [0, 0.05) is 19.7 Å². The molecule has 0 radical (unpaired) electrons. The summed E-state index contributed by atoms with van der Waals surface area (Å²) in [5.74, 6) is -2.98. The van der Waals surface area contributed by atoms with Crippen molar-refractivity contribution in [1.82, 2.24) is 24.8 Å². The van der Waals surface area contributed by atoms with E-state index in [1.54, 1.807) is 22.6 Å². The average Bonchev–Trinajstić information content (AvgIpc) is 3.48. The number of allylic oxidation sites excluding steroid dienone is 1. The van der Waals surface area contributed by atoms with Crippen molar-refractivity contribution in [3.63, 3.8) is 0 Å². The van der Waals surface area contributed by atoms with E-state index in [-0.39, 0.29) is 44.8 Å². The second-order valence-corrected chi connectivity index (χ2v) is 10.9. The van der Waals surface area contributed by atoms with Crippen molar-refractivity contribution in [2.75, 3.05) is 26.3 Å². The van der Waals surface area contributed by atoms with Gasteiger partial charge in [-0.3, -0.25) is 14.4 Å². The van der Waals surface area contributed by atoms with E-state index in [4.69, 9.17) is 9.47 Å². The molecule has 1 unspecified atom stereocenters. The summed E-state index contributed by atoms with van der Waals surface area (Å²) in [6, 6.07) is 6.49. The van der Waals surface area contributed by atoms with Gasteiger partial charge in [-0.1, -0.05) is 41.7 Å². The zero-order valence-electron chi connectivity index (χ0n) is 21.9. The maximum Gasteiger partial charge on any atom is 0.313 e. The Labute approximate surface area is 226 Å². The van der Waals surface area contributed by atoms with E-state index in [0.29, 0.717) is 11.9 Å². The van der Waals surface area contributed by atoms with Crippen LogP contribution in [-0.4, -0.2) is 91.2 Å². The molecule has 1 N–H and O–H groups in total. The molecule has 2 aromatic rings. The number of carbonyl (C=O) groups is 3. The van der Waals surface area contributed by atoms with E-state index in [2.05, 4.69) is 10.3 Å². The summed E-state index contributed by atoms with van der Waals surface area (Å²) in [6.45, 7) is 2.50. The molecule has 0 saturated carbocycles. The fraction of sp³-hybridized carbons (Fsp3) is 0.536. The van der Waals surface area contributed by atoms with Gasteiger partial charge >= 0.3 is 5.97 Å². The number of fused-ring (bicyclic) bond motifs is 3. The topological polar surface area (TPSA) is 127 Å². The lowest BCUT2D eigenvalue weighted by Gasteiger charge is -2.37. The SMILES string of the molecule is C[C@@]12/C=C\CCCCOC(=O)[C@@H]1[C@H]1C(=O)N(CCCO)C3C(=O)N(Cn4nnc5ccccc54)CC=C[C@@]31O2. The molecule has 2 saturated heterocycles. The molecule has 5 atom stereocenters. The predicted molar refractivity (Wildman–Crippen MR) is 139 cm³/mol. The van der Waals surface area contributed by atoms with Crippen LogP contribution < -0.4 is 0 Å². The molecule has 2 amide bonds. The number of hydrogen-bond acceptors (Lipinski definition) is 8. The van der Waals surface area contributed by atoms with E-state index in [0.717, 1.165) is 24.8 Å². The Morgan fingerprint density at radius 3 is 2.77 bits per heavy atom. The first kappa shape index (κ1) is 25.7. The van der Waals surface area contributed by atoms with Gasteiger partial charge in [-0.2, -0.15) is 0 Å². The smallest absolute Gasteiger partial charge is 0.313 e. The summed E-state index contributed by atoms with van der Waals surface area (Å²) in [4.78, 5) is 45.0. The van der Waals surface area contributed by atoms with Crippen molar-refractivity contribution in [1.29, 1.82) is 0 Å². The van der Waals surface area contributed by atoms with Crippen LogP contribution in [0.5, 0.6) is 0 Å². The standard InChI is InChI=1S/C28H33N5O6/c1-27-12-6-2-3-7-17-38-26(37)22(27)21-24(35)32(15-9-16-34)23-25(36)31(14-8-13-28(21,23)39-27)18-33-20-11-5-4-10-19(20)29-30-33/h4-6,8,10-13,21-23,34H,2-3,7,9,14-18H2,1H3/b12-6-/t21-,22-,23?,27+,28-/m0/s1. The van der Waals surface area contributed by atoms with Gasteiger partial charge in [0.1, 0.15) is 29.7 Å². The lowest BCUT2D eigenvalue weighted by atomic mass is 9.74. The molecule has 11 nitrogen and oxygen atoms in total. The van der Waals surface area contributed by atoms with Crippen molar-refractivity contribution in [2.45, 2.75) is 56.5 Å². The van der Waals surface area contributed by atoms with Crippen molar-refractivity contribution in [3.8, 4) is 0 Å². The second-order valence-electron chi connectivity index (χ2n) is 10.9. The number of carbonyl (C=O) groups excluding carboxylic acids is 3. The maximum absolute atomic E-state index is 14.3. The predicted octanol–water partition coefficient (Wildman–Crippen LogP) is 1.42. The van der Waals surface area contributed by atoms with Crippen molar-refractivity contribution in [3.05, 3.63) is 48.6 Å². The fourth-order valence-electron chi connectivity index (χ4n) is 6.64. The number of benzene rings is 1. The Morgan fingerprint density at radius 2 is 1.92 bits per heavy atom. The van der Waals surface area contributed by atoms with Crippen LogP contribution in [-0.2, 0) is 30.5 Å². The number of hydrogen-bond donors (Lipinski definition) is 1. The highest BCUT2D eigenvalue weighted by Crippen LogP contribution is 2.57. The summed E-state index contributed by atoms with van der Waals surface area (Å²) >= 11 is 0. The minimum atomic E-state index is -1.36. The third-order valence-corrected chi connectivity index (χ3v) is 8.37. The number of aliphatic hydroxyl groups is 1. The number of aliphatic hydroxyl groups excluding tert-OH is 1. The monoisotopic (exact) mass is 535 g/mol. The Hall–Kier alpha value is -3.57. The lowest BCUT2D eigenvalue weighted by Crippen LogP contribution is -2.56. The molecule has 39 heavy (non-hydrogen) atoms. The number of amides is 2. The summed E-state index contributed by atoms with van der Waals surface area (Å²) < 4.78 is 14.1. The van der Waals surface area contributed by atoms with E-state index in [9.17, 15) is 19.5 Å². The average molecular weight is 536 g/mol. The third-order valence-electron chi connectivity index (χ3n) is 8.37. The van der Waals surface area contributed by atoms with E-state index < -0.39 is 35.0 Å². The molecule has 1 aromatic carbocycles. The summed E-state index contributed by atoms with van der Waals surface area (Å²) in [5.41, 5.74) is -0.987. The Morgan fingerprint density at radius 1 is 1.08 bits per heavy atom. The highest BCUT2D eigenvalue weighted by Gasteiger charge is 2.74. The van der Waals surface area contributed by atoms with Crippen LogP contribution >= 0.6 is 0 Å². The number of para-hydroxylation sites is 1. The molecule has 5 heterocycles. The molecule has 0 bridgehead atoms. The first-order chi connectivity index (χ1) is 18.9. The largest absolute Gasteiger partial charge is 0.465 e. The Kier molecular flexibility index (Phi) is 6.50. The number of rotatable bonds is 5. The molecule has 11 heteroatoms. The van der Waals surface area contributed by atoms with Gasteiger partial charge < -0.3 is 24.4 Å². The minimum absolute atomic E-state index is 0.131. The summed E-state index contributed by atoms with van der Waals surface area (Å²) in [6.07, 6.45) is 10.2. The van der Waals surface area contributed by atoms with E-state index in [1.807, 2.05) is 42.5 Å². The van der Waals surface area contributed by atoms with Crippen LogP contribution in [0.15, 0.2) is 48.6 Å². The maximum atomic E-state index is 14.3. The Bertz CT molecular complexity index is 1350. The lowest BCUT2D eigenvalue weighted by molar-refractivity contribution is -0.160. The van der Waals surface area contributed by atoms with Gasteiger partial charge in [-0.25, -0.2) is 4.68 Å². The zero-order chi connectivity index (χ0) is 27.2. The van der Waals surface area contributed by atoms with Gasteiger partial charge in [0.25, 0.3) is 5.91 Å². The Balaban J connectivity index is 1.42. The van der Waals surface area contributed by atoms with Crippen LogP contribution in [0.2, 0.25) is 0 Å². The molecule has 6 rings (SSSR count). The van der Waals surface area contributed by atoms with Crippen LogP contribution in [0.1, 0.15) is 32.6 Å². The van der Waals surface area contributed by atoms with Crippen molar-refractivity contribution >= 4 is 28.8 Å². The summed E-state index contributed by atoms with van der Waals surface area (Å²) in [5, 5.41) is 18.0. The number of aromatic nitrogens is 3. The van der Waals surface area contributed by atoms with Gasteiger partial charge in [-0.15, -0.1) is 5.10 Å². The van der Waals surface area contributed by atoms with Gasteiger partial charge in [0.2, 0.25) is 5.91 Å². The molecule has 1 aromatic heterocycles. The van der Waals surface area contributed by atoms with Gasteiger partial charge in [-0.05, 0) is 44.7 Å². The van der Waals surface area contributed by atoms with Crippen LogP contribution in [0, 0.1) is 11.8 Å². The van der Waals surface area contributed by atoms with Crippen LogP contribution in [0.25, 0.3) is 11.0 Å². The van der Waals surface area contributed by atoms with Gasteiger partial charge in [0.05, 0.1) is 23.6 Å². The molecule has 206 valence electrons. The minimum Gasteiger partial charge on any atom is -0.465 e. The molecule has 4 aliphatic heterocycles. The molecule has 2 fully saturated rings. The molecule has 0 aliphatic carbocycles. The quantitative estimate of drug-likeness (QED) is 0.450.